The van der Waals surface area contributed by atoms with E-state index in [-0.39, 0.29) is 35.6 Å². The number of aromatic hydroxyl groups is 1. The van der Waals surface area contributed by atoms with E-state index in [9.17, 15) is 14.7 Å². The number of carbonyl (C=O) groups excluding carboxylic acids is 2. The molecule has 11 heteroatoms. The molecule has 1 aromatic carbocycles. The number of benzene rings is 1. The average Bonchev–Trinajstić information content (AvgIpc) is 3.41. The monoisotopic (exact) mass is 427 g/mol. The van der Waals surface area contributed by atoms with Crippen molar-refractivity contribution in [3.63, 3.8) is 0 Å². The first kappa shape index (κ1) is 20.9. The topological polar surface area (TPSA) is 146 Å². The van der Waals surface area contributed by atoms with Crippen molar-refractivity contribution in [2.45, 2.75) is 37.5 Å². The number of para-hydroxylation sites is 1. The molecule has 11 nitrogen and oxygen atoms in total. The fourth-order valence-corrected chi connectivity index (χ4v) is 4.24. The molecule has 164 valence electrons. The molecule has 1 amide bonds. The van der Waals surface area contributed by atoms with E-state index < -0.39 is 5.91 Å². The Hall–Kier alpha value is -3.34. The van der Waals surface area contributed by atoms with Crippen molar-refractivity contribution in [3.05, 3.63) is 29.6 Å². The molecule has 1 saturated carbocycles. The van der Waals surface area contributed by atoms with Gasteiger partial charge >= 0.3 is 0 Å². The van der Waals surface area contributed by atoms with E-state index >= 15 is 0 Å². The van der Waals surface area contributed by atoms with E-state index in [1.807, 2.05) is 12.1 Å². The Balaban J connectivity index is 1.48. The normalized spacial score (nSPS) is 23.0. The lowest BCUT2D eigenvalue weighted by Crippen LogP contribution is -2.30. The predicted molar refractivity (Wildman–Crippen MR) is 111 cm³/mol. The number of methoxy groups -OCH3 is 1. The second-order valence-corrected chi connectivity index (χ2v) is 7.81. The number of hydrogen-bond donors (Lipinski definition) is 3. The number of hydrazone groups is 1. The fourth-order valence-electron chi connectivity index (χ4n) is 4.24. The third kappa shape index (κ3) is 4.41. The van der Waals surface area contributed by atoms with Crippen LogP contribution in [0.2, 0.25) is 0 Å². The van der Waals surface area contributed by atoms with Crippen molar-refractivity contribution in [2.75, 3.05) is 32.2 Å². The van der Waals surface area contributed by atoms with Crippen LogP contribution in [0.1, 0.15) is 48.9 Å². The maximum Gasteiger partial charge on any atom is 0.278 e. The summed E-state index contributed by atoms with van der Waals surface area (Å²) in [6.07, 6.45) is 3.74. The highest BCUT2D eigenvalue weighted by atomic mass is 16.5. The lowest BCUT2D eigenvalue weighted by Gasteiger charge is -2.28. The van der Waals surface area contributed by atoms with Gasteiger partial charge in [-0.1, -0.05) is 18.6 Å². The van der Waals surface area contributed by atoms with Gasteiger partial charge in [0.15, 0.2) is 11.5 Å². The maximum atomic E-state index is 12.4. The molecule has 2 unspecified atom stereocenters. The molecule has 0 bridgehead atoms. The summed E-state index contributed by atoms with van der Waals surface area (Å²) >= 11 is 0. The van der Waals surface area contributed by atoms with Gasteiger partial charge in [0.2, 0.25) is 5.78 Å². The number of Topliss-reactive ketones (excluding diaryl/α,β-unsaturated/α-hetero) is 1. The predicted octanol–water partition coefficient (Wildman–Crippen LogP) is 1.17. The average molecular weight is 427 g/mol. The van der Waals surface area contributed by atoms with Crippen LogP contribution in [0.5, 0.6) is 5.75 Å². The Bertz CT molecular complexity index is 976. The molecule has 1 aliphatic heterocycles. The first-order chi connectivity index (χ1) is 15.1. The van der Waals surface area contributed by atoms with Crippen LogP contribution in [0.3, 0.4) is 0 Å². The molecule has 1 aliphatic carbocycles. The minimum Gasteiger partial charge on any atom is -0.505 e. The lowest BCUT2D eigenvalue weighted by atomic mass is 9.77. The number of ether oxygens (including phenoxy) is 1. The summed E-state index contributed by atoms with van der Waals surface area (Å²) in [5, 5.41) is 29.1. The summed E-state index contributed by atoms with van der Waals surface area (Å²) in [5.74, 6) is 0.374. The smallest absolute Gasteiger partial charge is 0.278 e. The van der Waals surface area contributed by atoms with Gasteiger partial charge in [0, 0.05) is 19.6 Å². The van der Waals surface area contributed by atoms with Crippen LogP contribution in [0.4, 0.5) is 5.69 Å². The highest BCUT2D eigenvalue weighted by Gasteiger charge is 2.35. The molecule has 1 aromatic heterocycles. The summed E-state index contributed by atoms with van der Waals surface area (Å²) in [7, 11) is 1.53. The van der Waals surface area contributed by atoms with Crippen LogP contribution in [-0.4, -0.2) is 74.8 Å². The number of aromatic nitrogens is 4. The number of ketones is 1. The molecular weight excluding hydrogens is 402 g/mol. The molecule has 1 saturated heterocycles. The molecule has 31 heavy (non-hydrogen) atoms. The molecule has 2 aliphatic rings. The largest absolute Gasteiger partial charge is 0.505 e. The summed E-state index contributed by atoms with van der Waals surface area (Å²) < 4.78 is 4.96. The van der Waals surface area contributed by atoms with Gasteiger partial charge in [-0.15, -0.1) is 5.10 Å². The van der Waals surface area contributed by atoms with Crippen molar-refractivity contribution >= 4 is 23.1 Å². The number of tetrazole rings is 1. The summed E-state index contributed by atoms with van der Waals surface area (Å²) in [6.45, 7) is 0.647. The van der Waals surface area contributed by atoms with Crippen LogP contribution < -0.4 is 5.43 Å². The van der Waals surface area contributed by atoms with Crippen LogP contribution in [0.15, 0.2) is 23.3 Å². The van der Waals surface area contributed by atoms with Crippen LogP contribution in [0, 0.1) is 0 Å². The third-order valence-electron chi connectivity index (χ3n) is 5.87. The fraction of sp³-hybridized carbons (Fsp3) is 0.500. The van der Waals surface area contributed by atoms with Crippen molar-refractivity contribution in [1.82, 2.24) is 25.5 Å². The molecule has 2 heterocycles. The number of amides is 1. The van der Waals surface area contributed by atoms with Gasteiger partial charge < -0.3 is 14.7 Å². The third-order valence-corrected chi connectivity index (χ3v) is 5.87. The highest BCUT2D eigenvalue weighted by Crippen LogP contribution is 2.44. The van der Waals surface area contributed by atoms with Gasteiger partial charge in [-0.3, -0.25) is 15.0 Å². The van der Waals surface area contributed by atoms with Gasteiger partial charge in [-0.25, -0.2) is 5.10 Å². The van der Waals surface area contributed by atoms with E-state index in [4.69, 9.17) is 4.74 Å². The number of likely N-dealkylation sites (tertiary alicyclic amines) is 1. The Morgan fingerprint density at radius 3 is 2.94 bits per heavy atom. The Labute approximate surface area is 178 Å². The molecule has 0 spiro atoms. The molecule has 3 N–H and O–H groups in total. The zero-order valence-corrected chi connectivity index (χ0v) is 17.2. The molecular formula is C20H25N7O4. The number of anilines is 1. The molecule has 2 atom stereocenters. The zero-order valence-electron chi connectivity index (χ0n) is 17.2. The second kappa shape index (κ2) is 9.21. The van der Waals surface area contributed by atoms with Crippen LogP contribution >= 0.6 is 0 Å². The minimum absolute atomic E-state index is 0.0192. The number of phenolic OH excluding ortho intramolecular Hbond substituents is 1. The second-order valence-electron chi connectivity index (χ2n) is 7.81. The minimum atomic E-state index is -0.444. The van der Waals surface area contributed by atoms with Crippen molar-refractivity contribution in [2.24, 2.45) is 5.10 Å². The van der Waals surface area contributed by atoms with E-state index in [2.05, 4.69) is 31.2 Å². The molecule has 2 fully saturated rings. The van der Waals surface area contributed by atoms with Gasteiger partial charge in [0.25, 0.3) is 5.91 Å². The van der Waals surface area contributed by atoms with E-state index in [0.717, 1.165) is 37.1 Å². The quantitative estimate of drug-likeness (QED) is 0.441. The Morgan fingerprint density at radius 1 is 1.32 bits per heavy atom. The summed E-state index contributed by atoms with van der Waals surface area (Å²) in [6, 6.07) is 5.37. The zero-order chi connectivity index (χ0) is 21.8. The number of nitrogens with one attached hydrogen (secondary N) is 2. The first-order valence-electron chi connectivity index (χ1n) is 10.3. The number of hydrogen-bond acceptors (Lipinski definition) is 9. The molecule has 4 rings (SSSR count). The molecule has 0 radical (unpaired) electrons. The number of nitrogens with zero attached hydrogens (tertiary/aromatic N) is 5. The summed E-state index contributed by atoms with van der Waals surface area (Å²) in [5.41, 5.74) is 3.69. The summed E-state index contributed by atoms with van der Waals surface area (Å²) in [4.78, 5) is 26.0. The van der Waals surface area contributed by atoms with Crippen molar-refractivity contribution in [3.8, 4) is 5.75 Å². The van der Waals surface area contributed by atoms with Gasteiger partial charge in [0.05, 0.1) is 18.8 Å². The number of H-pyrrole nitrogens is 1. The van der Waals surface area contributed by atoms with Gasteiger partial charge in [-0.05, 0) is 47.2 Å². The lowest BCUT2D eigenvalue weighted by molar-refractivity contribution is -0.123. The Morgan fingerprint density at radius 2 is 2.16 bits per heavy atom. The molecule has 2 aromatic rings. The van der Waals surface area contributed by atoms with Crippen molar-refractivity contribution < 1.29 is 19.4 Å². The van der Waals surface area contributed by atoms with E-state index in [1.165, 1.54) is 12.0 Å². The van der Waals surface area contributed by atoms with Crippen LogP contribution in [0.25, 0.3) is 0 Å². The number of rotatable bonds is 7. The Kier molecular flexibility index (Phi) is 6.21. The van der Waals surface area contributed by atoms with Gasteiger partial charge in [-0.2, -0.15) is 5.10 Å². The van der Waals surface area contributed by atoms with Gasteiger partial charge in [0.1, 0.15) is 5.75 Å². The SMILES string of the molecule is COCCN1CC(=O)C(=NNc2cccc(C3CCCC(c4nnn[nH]4)C3)c2O)C1=O. The van der Waals surface area contributed by atoms with Crippen molar-refractivity contribution in [1.29, 1.82) is 0 Å². The maximum absolute atomic E-state index is 12.4. The highest BCUT2D eigenvalue weighted by molar-refractivity contribution is 6.69. The van der Waals surface area contributed by atoms with E-state index in [0.29, 0.717) is 18.8 Å². The standard InChI is InChI=1S/C20H25N7O4/c1-31-9-8-27-11-16(28)17(20(27)30)22-21-15-7-3-6-14(18(15)29)12-4-2-5-13(10-12)19-23-25-26-24-19/h3,6-7,12-13,21,29H,2,4-5,8-11H2,1H3,(H,23,24,25,26). The number of phenols is 1. The number of aromatic amines is 1. The van der Waals surface area contributed by atoms with Crippen LogP contribution in [-0.2, 0) is 14.3 Å². The van der Waals surface area contributed by atoms with E-state index in [1.54, 1.807) is 6.07 Å². The number of carbonyl (C=O) groups is 2. The first-order valence-corrected chi connectivity index (χ1v) is 10.3.